The predicted octanol–water partition coefficient (Wildman–Crippen LogP) is -0.117. The smallest absolute Gasteiger partial charge is 0.190 e. The molecule has 10 heavy (non-hydrogen) atoms. The van der Waals surface area contributed by atoms with Crippen LogP contribution in [0.1, 0.15) is 6.42 Å². The van der Waals surface area contributed by atoms with Gasteiger partial charge in [-0.3, -0.25) is 4.99 Å². The Morgan fingerprint density at radius 2 is 2.10 bits per heavy atom. The molecule has 3 heteroatoms. The van der Waals surface area contributed by atoms with Crippen LogP contribution in [0.5, 0.6) is 0 Å². The number of guanidine groups is 1. The van der Waals surface area contributed by atoms with Gasteiger partial charge in [0.15, 0.2) is 5.96 Å². The molecule has 0 aromatic rings. The summed E-state index contributed by atoms with van der Waals surface area (Å²) >= 11 is 0. The topological polar surface area (TPSA) is 41.6 Å². The molecule has 2 rings (SSSR count). The van der Waals surface area contributed by atoms with E-state index in [1.807, 2.05) is 0 Å². The van der Waals surface area contributed by atoms with Crippen molar-refractivity contribution in [1.82, 2.24) is 4.90 Å². The summed E-state index contributed by atoms with van der Waals surface area (Å²) in [7, 11) is 1.75. The molecule has 0 spiro atoms. The van der Waals surface area contributed by atoms with Crippen molar-refractivity contribution >= 4 is 5.96 Å². The van der Waals surface area contributed by atoms with Gasteiger partial charge in [-0.25, -0.2) is 0 Å². The fraction of sp³-hybridized carbons (Fsp3) is 0.857. The predicted molar refractivity (Wildman–Crippen MR) is 40.7 cm³/mol. The van der Waals surface area contributed by atoms with Crippen molar-refractivity contribution in [3.63, 3.8) is 0 Å². The van der Waals surface area contributed by atoms with Gasteiger partial charge in [-0.15, -0.1) is 0 Å². The Kier molecular flexibility index (Phi) is 1.13. The Labute approximate surface area is 60.9 Å². The van der Waals surface area contributed by atoms with Crippen molar-refractivity contribution in [1.29, 1.82) is 0 Å². The van der Waals surface area contributed by atoms with Crippen LogP contribution in [0.3, 0.4) is 0 Å². The minimum atomic E-state index is 0.715. The van der Waals surface area contributed by atoms with E-state index in [4.69, 9.17) is 5.73 Å². The second-order valence-corrected chi connectivity index (χ2v) is 3.24. The lowest BCUT2D eigenvalue weighted by Crippen LogP contribution is -2.36. The number of piperidine rings is 1. The van der Waals surface area contributed by atoms with Crippen LogP contribution in [0.25, 0.3) is 0 Å². The molecule has 2 atom stereocenters. The van der Waals surface area contributed by atoms with Crippen molar-refractivity contribution in [2.24, 2.45) is 22.6 Å². The highest BCUT2D eigenvalue weighted by molar-refractivity contribution is 5.78. The van der Waals surface area contributed by atoms with Gasteiger partial charge in [-0.2, -0.15) is 0 Å². The Morgan fingerprint density at radius 1 is 1.50 bits per heavy atom. The van der Waals surface area contributed by atoms with Crippen LogP contribution in [0.4, 0.5) is 0 Å². The number of hydrogen-bond acceptors (Lipinski definition) is 1. The Morgan fingerprint density at radius 3 is 2.60 bits per heavy atom. The molecule has 0 aromatic carbocycles. The fourth-order valence-electron chi connectivity index (χ4n) is 1.73. The first kappa shape index (κ1) is 6.01. The van der Waals surface area contributed by atoms with Gasteiger partial charge in [0.1, 0.15) is 0 Å². The number of hydrogen-bond donors (Lipinski definition) is 1. The second kappa shape index (κ2) is 1.87. The first-order chi connectivity index (χ1) is 4.81. The van der Waals surface area contributed by atoms with E-state index in [1.165, 1.54) is 6.42 Å². The van der Waals surface area contributed by atoms with Crippen LogP contribution in [0.2, 0.25) is 0 Å². The van der Waals surface area contributed by atoms with E-state index in [0.29, 0.717) is 5.96 Å². The largest absolute Gasteiger partial charge is 0.370 e. The van der Waals surface area contributed by atoms with E-state index in [0.717, 1.165) is 24.9 Å². The first-order valence-electron chi connectivity index (χ1n) is 3.78. The SMILES string of the molecule is CN=C(N)N1CC2CC2C1. The summed E-state index contributed by atoms with van der Waals surface area (Å²) in [6, 6.07) is 0. The molecule has 56 valence electrons. The van der Waals surface area contributed by atoms with Crippen molar-refractivity contribution in [3.05, 3.63) is 0 Å². The third-order valence-electron chi connectivity index (χ3n) is 2.53. The summed E-state index contributed by atoms with van der Waals surface area (Å²) in [4.78, 5) is 6.13. The highest BCUT2D eigenvalue weighted by Gasteiger charge is 2.45. The Hall–Kier alpha value is -0.730. The van der Waals surface area contributed by atoms with Gasteiger partial charge in [0.05, 0.1) is 0 Å². The minimum Gasteiger partial charge on any atom is -0.370 e. The lowest BCUT2D eigenvalue weighted by molar-refractivity contribution is 0.456. The average Bonchev–Trinajstić information content (AvgIpc) is 2.57. The van der Waals surface area contributed by atoms with Gasteiger partial charge >= 0.3 is 0 Å². The van der Waals surface area contributed by atoms with Crippen molar-refractivity contribution in [2.45, 2.75) is 6.42 Å². The molecular weight excluding hydrogens is 126 g/mol. The maximum atomic E-state index is 5.64. The molecule has 1 aliphatic carbocycles. The Bertz CT molecular complexity index is 166. The van der Waals surface area contributed by atoms with E-state index in [9.17, 15) is 0 Å². The zero-order chi connectivity index (χ0) is 7.14. The summed E-state index contributed by atoms with van der Waals surface area (Å²) in [5.74, 6) is 2.60. The quantitative estimate of drug-likeness (QED) is 0.375. The van der Waals surface area contributed by atoms with Gasteiger partial charge in [-0.05, 0) is 18.3 Å². The van der Waals surface area contributed by atoms with Gasteiger partial charge in [0.2, 0.25) is 0 Å². The highest BCUT2D eigenvalue weighted by atomic mass is 15.3. The third kappa shape index (κ3) is 0.770. The van der Waals surface area contributed by atoms with Crippen LogP contribution < -0.4 is 5.73 Å². The zero-order valence-corrected chi connectivity index (χ0v) is 6.25. The zero-order valence-electron chi connectivity index (χ0n) is 6.25. The van der Waals surface area contributed by atoms with Gasteiger partial charge in [0, 0.05) is 20.1 Å². The Balaban J connectivity index is 1.96. The average molecular weight is 139 g/mol. The summed E-state index contributed by atoms with van der Waals surface area (Å²) < 4.78 is 0. The van der Waals surface area contributed by atoms with Crippen LogP contribution in [0, 0.1) is 11.8 Å². The minimum absolute atomic E-state index is 0.715. The van der Waals surface area contributed by atoms with Gasteiger partial charge < -0.3 is 10.6 Å². The molecule has 2 N–H and O–H groups in total. The van der Waals surface area contributed by atoms with Crippen molar-refractivity contribution in [3.8, 4) is 0 Å². The van der Waals surface area contributed by atoms with E-state index in [1.54, 1.807) is 7.05 Å². The summed E-state index contributed by atoms with van der Waals surface area (Å²) in [5, 5.41) is 0. The van der Waals surface area contributed by atoms with Gasteiger partial charge in [0.25, 0.3) is 0 Å². The number of rotatable bonds is 0. The molecule has 3 nitrogen and oxygen atoms in total. The number of fused-ring (bicyclic) bond motifs is 1. The van der Waals surface area contributed by atoms with Crippen LogP contribution in [-0.4, -0.2) is 31.0 Å². The van der Waals surface area contributed by atoms with Crippen molar-refractivity contribution in [2.75, 3.05) is 20.1 Å². The molecule has 1 heterocycles. The molecule has 0 aromatic heterocycles. The summed E-state index contributed by atoms with van der Waals surface area (Å²) in [6.07, 6.45) is 1.42. The maximum absolute atomic E-state index is 5.64. The number of likely N-dealkylation sites (tertiary alicyclic amines) is 1. The van der Waals surface area contributed by atoms with E-state index < -0.39 is 0 Å². The number of nitrogens with two attached hydrogens (primary N) is 1. The van der Waals surface area contributed by atoms with E-state index >= 15 is 0 Å². The molecule has 1 saturated heterocycles. The lowest BCUT2D eigenvalue weighted by Gasteiger charge is -2.17. The maximum Gasteiger partial charge on any atom is 0.190 e. The fourth-order valence-corrected chi connectivity index (χ4v) is 1.73. The second-order valence-electron chi connectivity index (χ2n) is 3.24. The molecule has 2 aliphatic rings. The molecular formula is C7H13N3. The number of aliphatic imine (C=N–C) groups is 1. The molecule has 0 radical (unpaired) electrons. The normalized spacial score (nSPS) is 38.1. The van der Waals surface area contributed by atoms with Crippen LogP contribution in [0.15, 0.2) is 4.99 Å². The molecule has 2 fully saturated rings. The molecule has 1 aliphatic heterocycles. The monoisotopic (exact) mass is 139 g/mol. The summed E-state index contributed by atoms with van der Waals surface area (Å²) in [6.45, 7) is 2.29. The molecule has 1 saturated carbocycles. The van der Waals surface area contributed by atoms with Gasteiger partial charge in [-0.1, -0.05) is 0 Å². The number of nitrogens with zero attached hydrogens (tertiary/aromatic N) is 2. The molecule has 0 bridgehead atoms. The first-order valence-corrected chi connectivity index (χ1v) is 3.78. The van der Waals surface area contributed by atoms with E-state index in [2.05, 4.69) is 9.89 Å². The summed E-state index contributed by atoms with van der Waals surface area (Å²) in [5.41, 5.74) is 5.64. The van der Waals surface area contributed by atoms with Crippen LogP contribution >= 0.6 is 0 Å². The standard InChI is InChI=1S/C7H13N3/c1-9-7(8)10-3-5-2-6(5)4-10/h5-6H,2-4H2,1H3,(H2,8,9). The molecule has 2 unspecified atom stereocenters. The van der Waals surface area contributed by atoms with E-state index in [-0.39, 0.29) is 0 Å². The highest BCUT2D eigenvalue weighted by Crippen LogP contribution is 2.44. The lowest BCUT2D eigenvalue weighted by atomic mass is 10.4. The third-order valence-corrected chi connectivity index (χ3v) is 2.53. The van der Waals surface area contributed by atoms with Crippen molar-refractivity contribution < 1.29 is 0 Å². The molecule has 0 amide bonds. The van der Waals surface area contributed by atoms with Crippen LogP contribution in [-0.2, 0) is 0 Å².